The molecule has 4 nitrogen and oxygen atoms in total. The van der Waals surface area contributed by atoms with Crippen molar-refractivity contribution in [1.82, 2.24) is 5.16 Å². The Kier molecular flexibility index (Phi) is 4.85. The molecule has 0 unspecified atom stereocenters. The van der Waals surface area contributed by atoms with E-state index >= 15 is 0 Å². The van der Waals surface area contributed by atoms with Crippen LogP contribution in [0.5, 0.6) is 0 Å². The third-order valence-corrected chi connectivity index (χ3v) is 3.92. The van der Waals surface area contributed by atoms with Gasteiger partial charge in [-0.15, -0.1) is 0 Å². The van der Waals surface area contributed by atoms with E-state index in [1.165, 1.54) is 0 Å². The van der Waals surface area contributed by atoms with Gasteiger partial charge in [0.05, 0.1) is 10.0 Å². The summed E-state index contributed by atoms with van der Waals surface area (Å²) in [5, 5.41) is 17.3. The molecule has 0 amide bonds. The lowest BCUT2D eigenvalue weighted by atomic mass is 10.1. The van der Waals surface area contributed by atoms with Crippen molar-refractivity contribution in [3.8, 4) is 17.3 Å². The number of para-hydroxylation sites is 1. The molecular weight excluding hydrogens is 345 g/mol. The summed E-state index contributed by atoms with van der Waals surface area (Å²) in [4.78, 5) is 0. The average Bonchev–Trinajstić information content (AvgIpc) is 2.98. The van der Waals surface area contributed by atoms with Crippen LogP contribution in [0.3, 0.4) is 0 Å². The van der Waals surface area contributed by atoms with Crippen molar-refractivity contribution in [1.29, 1.82) is 5.26 Å². The van der Waals surface area contributed by atoms with Crippen LogP contribution < -0.4 is 5.32 Å². The van der Waals surface area contributed by atoms with Gasteiger partial charge in [0.2, 0.25) is 0 Å². The average molecular weight is 356 g/mol. The van der Waals surface area contributed by atoms with Gasteiger partial charge in [-0.2, -0.15) is 5.26 Å². The minimum atomic E-state index is 0.274. The molecule has 0 fully saturated rings. The first kappa shape index (κ1) is 16.1. The molecule has 118 valence electrons. The van der Waals surface area contributed by atoms with E-state index in [9.17, 15) is 5.26 Å². The van der Waals surface area contributed by atoms with Crippen LogP contribution in [0.2, 0.25) is 10.0 Å². The van der Waals surface area contributed by atoms with Crippen LogP contribution in [0.15, 0.2) is 59.3 Å². The van der Waals surface area contributed by atoms with E-state index < -0.39 is 0 Å². The predicted octanol–water partition coefficient (Wildman–Crippen LogP) is 5.60. The highest BCUT2D eigenvalue weighted by atomic mass is 35.5. The Labute approximate surface area is 148 Å². The summed E-state index contributed by atoms with van der Waals surface area (Å²) < 4.78 is 5.27. The van der Waals surface area contributed by atoms with E-state index in [2.05, 4.69) is 16.5 Å². The fourth-order valence-electron chi connectivity index (χ4n) is 2.17. The molecule has 0 radical (unpaired) electrons. The summed E-state index contributed by atoms with van der Waals surface area (Å²) in [5.41, 5.74) is 2.00. The molecule has 2 aromatic carbocycles. The fourth-order valence-corrected chi connectivity index (χ4v) is 2.74. The van der Waals surface area contributed by atoms with Crippen LogP contribution in [0.25, 0.3) is 17.3 Å². The zero-order valence-electron chi connectivity index (χ0n) is 12.3. The molecule has 0 bridgehead atoms. The van der Waals surface area contributed by atoms with Crippen LogP contribution in [-0.2, 0) is 0 Å². The molecule has 1 N–H and O–H groups in total. The van der Waals surface area contributed by atoms with Crippen LogP contribution in [-0.4, -0.2) is 5.16 Å². The van der Waals surface area contributed by atoms with Crippen LogP contribution in [0, 0.1) is 11.3 Å². The fraction of sp³-hybridized carbons (Fsp3) is 0. The smallest absolute Gasteiger partial charge is 0.179 e. The van der Waals surface area contributed by atoms with Gasteiger partial charge in [0.1, 0.15) is 17.3 Å². The van der Waals surface area contributed by atoms with Crippen LogP contribution in [0.4, 0.5) is 5.69 Å². The Hall–Kier alpha value is -2.74. The molecule has 24 heavy (non-hydrogen) atoms. The maximum absolute atomic E-state index is 9.46. The Morgan fingerprint density at radius 3 is 2.42 bits per heavy atom. The molecule has 0 aliphatic heterocycles. The van der Waals surface area contributed by atoms with Gasteiger partial charge in [0, 0.05) is 23.5 Å². The van der Waals surface area contributed by atoms with E-state index in [-0.39, 0.29) is 5.56 Å². The van der Waals surface area contributed by atoms with Gasteiger partial charge >= 0.3 is 0 Å². The van der Waals surface area contributed by atoms with Crippen LogP contribution in [0.1, 0.15) is 11.3 Å². The first-order chi connectivity index (χ1) is 11.7. The highest BCUT2D eigenvalue weighted by molar-refractivity contribution is 6.39. The molecule has 1 aromatic heterocycles. The molecule has 0 aliphatic rings. The number of hydrogen-bond donors (Lipinski definition) is 1. The number of benzene rings is 2. The molecule has 3 aromatic rings. The Morgan fingerprint density at radius 1 is 1.04 bits per heavy atom. The van der Waals surface area contributed by atoms with Gasteiger partial charge in [-0.05, 0) is 24.3 Å². The molecule has 0 atom stereocenters. The van der Waals surface area contributed by atoms with E-state index in [4.69, 9.17) is 27.7 Å². The van der Waals surface area contributed by atoms with Crippen molar-refractivity contribution in [2.24, 2.45) is 0 Å². The zero-order chi connectivity index (χ0) is 16.9. The molecule has 1 heterocycles. The first-order valence-electron chi connectivity index (χ1n) is 7.03. The van der Waals surface area contributed by atoms with E-state index in [0.717, 1.165) is 5.69 Å². The highest BCUT2D eigenvalue weighted by Crippen LogP contribution is 2.36. The van der Waals surface area contributed by atoms with Crippen molar-refractivity contribution >= 4 is 35.0 Å². The standard InChI is InChI=1S/C18H11Cl2N3O/c19-14-7-4-8-15(20)17(14)18-13(11-21)16(24-23-18)9-10-22-12-5-2-1-3-6-12/h1-10,22H. The summed E-state index contributed by atoms with van der Waals surface area (Å²) >= 11 is 12.4. The molecule has 6 heteroatoms. The number of aromatic nitrogens is 1. The van der Waals surface area contributed by atoms with Crippen molar-refractivity contribution in [3.63, 3.8) is 0 Å². The lowest BCUT2D eigenvalue weighted by Crippen LogP contribution is -1.87. The summed E-state index contributed by atoms with van der Waals surface area (Å²) in [7, 11) is 0. The van der Waals surface area contributed by atoms with Crippen LogP contribution >= 0.6 is 23.2 Å². The second-order valence-corrected chi connectivity index (χ2v) is 5.64. The topological polar surface area (TPSA) is 61.9 Å². The molecule has 0 saturated carbocycles. The predicted molar refractivity (Wildman–Crippen MR) is 95.8 cm³/mol. The summed E-state index contributed by atoms with van der Waals surface area (Å²) in [6.45, 7) is 0. The van der Waals surface area contributed by atoms with Gasteiger partial charge in [0.15, 0.2) is 5.76 Å². The molecule has 0 saturated heterocycles. The Bertz CT molecular complexity index is 907. The summed E-state index contributed by atoms with van der Waals surface area (Å²) in [5.74, 6) is 0.326. The largest absolute Gasteiger partial charge is 0.362 e. The molecule has 0 spiro atoms. The van der Waals surface area contributed by atoms with Gasteiger partial charge in [-0.1, -0.05) is 52.6 Å². The number of nitriles is 1. The number of halogens is 2. The van der Waals surface area contributed by atoms with E-state index in [0.29, 0.717) is 27.1 Å². The van der Waals surface area contributed by atoms with Gasteiger partial charge in [-0.25, -0.2) is 0 Å². The minimum absolute atomic E-state index is 0.274. The normalized spacial score (nSPS) is 10.7. The molecule has 0 aliphatic carbocycles. The molecular formula is C18H11Cl2N3O. The van der Waals surface area contributed by atoms with Crippen molar-refractivity contribution in [2.45, 2.75) is 0 Å². The van der Waals surface area contributed by atoms with E-state index in [1.54, 1.807) is 30.5 Å². The van der Waals surface area contributed by atoms with Crippen molar-refractivity contribution < 1.29 is 4.52 Å². The number of nitrogens with one attached hydrogen (secondary N) is 1. The number of nitrogens with zero attached hydrogens (tertiary/aromatic N) is 2. The third kappa shape index (κ3) is 3.28. The number of anilines is 1. The monoisotopic (exact) mass is 355 g/mol. The lowest BCUT2D eigenvalue weighted by molar-refractivity contribution is 0.415. The Morgan fingerprint density at radius 2 is 1.75 bits per heavy atom. The Balaban J connectivity index is 1.92. The van der Waals surface area contributed by atoms with E-state index in [1.807, 2.05) is 30.3 Å². The lowest BCUT2D eigenvalue weighted by Gasteiger charge is -2.02. The third-order valence-electron chi connectivity index (χ3n) is 3.29. The van der Waals surface area contributed by atoms with Gasteiger partial charge in [0.25, 0.3) is 0 Å². The second kappa shape index (κ2) is 7.22. The van der Waals surface area contributed by atoms with Crippen molar-refractivity contribution in [2.75, 3.05) is 5.32 Å². The SMILES string of the molecule is N#Cc1c(-c2c(Cl)cccc2Cl)noc1C=CNc1ccccc1. The second-order valence-electron chi connectivity index (χ2n) is 4.82. The maximum Gasteiger partial charge on any atom is 0.179 e. The van der Waals surface area contributed by atoms with Gasteiger partial charge in [-0.3, -0.25) is 0 Å². The summed E-state index contributed by atoms with van der Waals surface area (Å²) in [6.07, 6.45) is 3.31. The van der Waals surface area contributed by atoms with Gasteiger partial charge < -0.3 is 9.84 Å². The number of hydrogen-bond acceptors (Lipinski definition) is 4. The molecule has 3 rings (SSSR count). The number of rotatable bonds is 4. The van der Waals surface area contributed by atoms with Crippen molar-refractivity contribution in [3.05, 3.63) is 76.1 Å². The first-order valence-corrected chi connectivity index (χ1v) is 7.78. The quantitative estimate of drug-likeness (QED) is 0.661. The zero-order valence-corrected chi connectivity index (χ0v) is 13.8. The summed E-state index contributed by atoms with van der Waals surface area (Å²) in [6, 6.07) is 16.8. The highest BCUT2D eigenvalue weighted by Gasteiger charge is 2.20. The maximum atomic E-state index is 9.46. The minimum Gasteiger partial charge on any atom is -0.362 e.